The predicted molar refractivity (Wildman–Crippen MR) is 128 cm³/mol. The van der Waals surface area contributed by atoms with Crippen LogP contribution in [0.25, 0.3) is 6.08 Å². The van der Waals surface area contributed by atoms with Crippen molar-refractivity contribution in [3.63, 3.8) is 0 Å². The van der Waals surface area contributed by atoms with Crippen LogP contribution in [0.2, 0.25) is 0 Å². The highest BCUT2D eigenvalue weighted by Gasteiger charge is 2.37. The van der Waals surface area contributed by atoms with E-state index in [1.165, 1.54) is 12.1 Å². The summed E-state index contributed by atoms with van der Waals surface area (Å²) in [5.41, 5.74) is 3.85. The van der Waals surface area contributed by atoms with Gasteiger partial charge < -0.3 is 15.0 Å². The minimum Gasteiger partial charge on any atom is -0.497 e. The first kappa shape index (κ1) is 21.6. The Labute approximate surface area is 196 Å². The van der Waals surface area contributed by atoms with Crippen LogP contribution < -0.4 is 15.0 Å². The number of para-hydroxylation sites is 1. The third-order valence-electron chi connectivity index (χ3n) is 5.96. The second kappa shape index (κ2) is 8.94. The first-order valence-electron chi connectivity index (χ1n) is 10.9. The third-order valence-corrected chi connectivity index (χ3v) is 5.96. The minimum atomic E-state index is -1.18. The zero-order chi connectivity index (χ0) is 23.7. The van der Waals surface area contributed by atoms with E-state index >= 15 is 0 Å². The highest BCUT2D eigenvalue weighted by molar-refractivity contribution is 6.21. The van der Waals surface area contributed by atoms with Crippen molar-refractivity contribution in [1.29, 1.82) is 0 Å². The predicted octanol–water partition coefficient (Wildman–Crippen LogP) is 3.73. The number of anilines is 1. The van der Waals surface area contributed by atoms with Crippen molar-refractivity contribution in [3.8, 4) is 5.75 Å². The molecule has 0 fully saturated rings. The molecular weight excluding hydrogens is 433 g/mol. The number of nitrogens with one attached hydrogen (secondary N) is 1. The number of rotatable bonds is 5. The second-order valence-corrected chi connectivity index (χ2v) is 8.03. The van der Waals surface area contributed by atoms with Gasteiger partial charge in [-0.2, -0.15) is 0 Å². The van der Waals surface area contributed by atoms with E-state index in [0.717, 1.165) is 16.8 Å². The molecule has 170 valence electrons. The van der Waals surface area contributed by atoms with Gasteiger partial charge in [-0.1, -0.05) is 42.5 Å². The zero-order valence-corrected chi connectivity index (χ0v) is 18.5. The van der Waals surface area contributed by atoms with E-state index < -0.39 is 17.9 Å². The van der Waals surface area contributed by atoms with Crippen LogP contribution in [0.4, 0.5) is 10.1 Å². The molecule has 0 bridgehead atoms. The normalized spacial score (nSPS) is 16.8. The SMILES string of the molecule is COc1ccc(/C=C/C(=O)NC2N=C(c3ccccc3F)c3cccc4c3N(CC4)C2=O)cc1. The van der Waals surface area contributed by atoms with E-state index in [4.69, 9.17) is 4.74 Å². The second-order valence-electron chi connectivity index (χ2n) is 8.03. The van der Waals surface area contributed by atoms with Gasteiger partial charge in [0.05, 0.1) is 18.5 Å². The lowest BCUT2D eigenvalue weighted by Gasteiger charge is -2.20. The van der Waals surface area contributed by atoms with Crippen LogP contribution in [0.5, 0.6) is 5.75 Å². The van der Waals surface area contributed by atoms with Crippen LogP contribution in [0.15, 0.2) is 77.8 Å². The fourth-order valence-electron chi connectivity index (χ4n) is 4.30. The first-order valence-corrected chi connectivity index (χ1v) is 10.9. The Balaban J connectivity index is 1.49. The Kier molecular flexibility index (Phi) is 5.67. The van der Waals surface area contributed by atoms with E-state index in [2.05, 4.69) is 10.3 Å². The molecule has 0 saturated carbocycles. The molecule has 1 unspecified atom stereocenters. The van der Waals surface area contributed by atoms with Crippen molar-refractivity contribution >= 4 is 29.3 Å². The lowest BCUT2D eigenvalue weighted by molar-refractivity contribution is -0.125. The van der Waals surface area contributed by atoms with Gasteiger partial charge in [0.1, 0.15) is 11.6 Å². The van der Waals surface area contributed by atoms with Gasteiger partial charge in [0.2, 0.25) is 12.1 Å². The summed E-state index contributed by atoms with van der Waals surface area (Å²) in [4.78, 5) is 32.3. The number of carbonyl (C=O) groups is 2. The third kappa shape index (κ3) is 3.96. The van der Waals surface area contributed by atoms with Crippen molar-refractivity contribution in [2.75, 3.05) is 18.6 Å². The number of benzene rings is 3. The lowest BCUT2D eigenvalue weighted by atomic mass is 9.98. The van der Waals surface area contributed by atoms with Gasteiger partial charge >= 0.3 is 0 Å². The molecule has 2 aliphatic heterocycles. The largest absolute Gasteiger partial charge is 0.497 e. The van der Waals surface area contributed by atoms with E-state index in [1.54, 1.807) is 48.4 Å². The maximum absolute atomic E-state index is 14.8. The molecule has 3 aromatic rings. The van der Waals surface area contributed by atoms with Crippen LogP contribution in [0.3, 0.4) is 0 Å². The van der Waals surface area contributed by atoms with Gasteiger partial charge in [-0.15, -0.1) is 0 Å². The van der Waals surface area contributed by atoms with Gasteiger partial charge in [-0.25, -0.2) is 9.38 Å². The van der Waals surface area contributed by atoms with E-state index in [0.29, 0.717) is 30.0 Å². The molecule has 0 aliphatic carbocycles. The molecule has 6 nitrogen and oxygen atoms in total. The number of amides is 2. The maximum Gasteiger partial charge on any atom is 0.272 e. The number of aliphatic imine (C=N–C) groups is 1. The van der Waals surface area contributed by atoms with Crippen LogP contribution in [-0.2, 0) is 16.0 Å². The summed E-state index contributed by atoms with van der Waals surface area (Å²) in [6, 6.07) is 19.2. The van der Waals surface area contributed by atoms with Gasteiger partial charge in [-0.05, 0) is 47.9 Å². The average molecular weight is 455 g/mol. The highest BCUT2D eigenvalue weighted by atomic mass is 19.1. The molecule has 3 aromatic carbocycles. The molecule has 2 aliphatic rings. The number of methoxy groups -OCH3 is 1. The van der Waals surface area contributed by atoms with Crippen molar-refractivity contribution in [2.24, 2.45) is 4.99 Å². The fraction of sp³-hybridized carbons (Fsp3) is 0.148. The Morgan fingerprint density at radius 2 is 1.85 bits per heavy atom. The molecule has 5 rings (SSSR count). The summed E-state index contributed by atoms with van der Waals surface area (Å²) < 4.78 is 19.9. The zero-order valence-electron chi connectivity index (χ0n) is 18.5. The molecule has 0 saturated heterocycles. The van der Waals surface area contributed by atoms with E-state index in [1.807, 2.05) is 30.3 Å². The first-order chi connectivity index (χ1) is 16.5. The van der Waals surface area contributed by atoms with Gasteiger partial charge in [-0.3, -0.25) is 9.59 Å². The van der Waals surface area contributed by atoms with Crippen molar-refractivity contribution in [3.05, 3.63) is 101 Å². The molecule has 34 heavy (non-hydrogen) atoms. The summed E-state index contributed by atoms with van der Waals surface area (Å²) >= 11 is 0. The number of halogens is 1. The monoisotopic (exact) mass is 455 g/mol. The molecule has 0 spiro atoms. The van der Waals surface area contributed by atoms with Crippen LogP contribution >= 0.6 is 0 Å². The quantitative estimate of drug-likeness (QED) is 0.596. The minimum absolute atomic E-state index is 0.283. The summed E-state index contributed by atoms with van der Waals surface area (Å²) in [5.74, 6) is -0.549. The van der Waals surface area contributed by atoms with Crippen molar-refractivity contribution < 1.29 is 18.7 Å². The summed E-state index contributed by atoms with van der Waals surface area (Å²) in [6.45, 7) is 0.485. The molecule has 2 amide bonds. The number of hydrogen-bond acceptors (Lipinski definition) is 4. The molecular formula is C27H22FN3O3. The Bertz CT molecular complexity index is 1330. The van der Waals surface area contributed by atoms with Crippen LogP contribution in [0.1, 0.15) is 22.3 Å². The number of ether oxygens (including phenoxy) is 1. The number of hydrogen-bond donors (Lipinski definition) is 1. The van der Waals surface area contributed by atoms with E-state index in [9.17, 15) is 14.0 Å². The van der Waals surface area contributed by atoms with Gasteiger partial charge in [0, 0.05) is 23.7 Å². The molecule has 1 N–H and O–H groups in total. The standard InChI is InChI=1S/C27H22FN3O3/c1-34-19-12-9-17(10-13-19)11-14-23(32)29-26-27(33)31-16-15-18-5-4-7-21(25(18)31)24(30-26)20-6-2-3-8-22(20)28/h2-14,26H,15-16H2,1H3,(H,29,32)/b14-11+. The average Bonchev–Trinajstić information content (AvgIpc) is 3.26. The molecule has 1 atom stereocenters. The Morgan fingerprint density at radius 1 is 1.09 bits per heavy atom. The van der Waals surface area contributed by atoms with Gasteiger partial charge in [0.25, 0.3) is 5.91 Å². The van der Waals surface area contributed by atoms with Crippen LogP contribution in [-0.4, -0.2) is 37.3 Å². The van der Waals surface area contributed by atoms with Crippen LogP contribution in [0, 0.1) is 5.82 Å². The molecule has 0 radical (unpaired) electrons. The maximum atomic E-state index is 14.8. The summed E-state index contributed by atoms with van der Waals surface area (Å²) in [5, 5.41) is 2.69. The fourth-order valence-corrected chi connectivity index (χ4v) is 4.30. The Hall–Kier alpha value is -4.26. The van der Waals surface area contributed by atoms with Gasteiger partial charge in [0.15, 0.2) is 0 Å². The number of carbonyl (C=O) groups excluding carboxylic acids is 2. The lowest BCUT2D eigenvalue weighted by Crippen LogP contribution is -2.46. The topological polar surface area (TPSA) is 71.0 Å². The highest BCUT2D eigenvalue weighted by Crippen LogP contribution is 2.36. The number of nitrogens with zero attached hydrogens (tertiary/aromatic N) is 2. The Morgan fingerprint density at radius 3 is 2.62 bits per heavy atom. The smallest absolute Gasteiger partial charge is 0.272 e. The summed E-state index contributed by atoms with van der Waals surface area (Å²) in [6.07, 6.45) is 2.50. The molecule has 7 heteroatoms. The van der Waals surface area contributed by atoms with E-state index in [-0.39, 0.29) is 11.5 Å². The molecule has 2 heterocycles. The van der Waals surface area contributed by atoms with Crippen molar-refractivity contribution in [1.82, 2.24) is 5.32 Å². The summed E-state index contributed by atoms with van der Waals surface area (Å²) in [7, 11) is 1.58. The molecule has 0 aromatic heterocycles. The van der Waals surface area contributed by atoms with Crippen molar-refractivity contribution in [2.45, 2.75) is 12.6 Å².